The average molecular weight is 336 g/mol. The van der Waals surface area contributed by atoms with E-state index in [-0.39, 0.29) is 0 Å². The lowest BCUT2D eigenvalue weighted by molar-refractivity contribution is -0.113. The van der Waals surface area contributed by atoms with Crippen LogP contribution >= 0.6 is 0 Å². The van der Waals surface area contributed by atoms with Gasteiger partial charge in [0.2, 0.25) is 5.91 Å². The van der Waals surface area contributed by atoms with Gasteiger partial charge in [-0.3, -0.25) is 4.79 Å². The van der Waals surface area contributed by atoms with Gasteiger partial charge in [0, 0.05) is 23.4 Å². The van der Waals surface area contributed by atoms with E-state index in [0.717, 1.165) is 22.3 Å². The van der Waals surface area contributed by atoms with E-state index in [1.165, 1.54) is 6.08 Å². The zero-order valence-corrected chi connectivity index (χ0v) is 14.4. The number of fused-ring (bicyclic) bond motifs is 1. The molecule has 0 radical (unpaired) electrons. The summed E-state index contributed by atoms with van der Waals surface area (Å²) >= 11 is 0. The van der Waals surface area contributed by atoms with Crippen molar-refractivity contribution in [2.45, 2.75) is 26.4 Å². The summed E-state index contributed by atoms with van der Waals surface area (Å²) in [5, 5.41) is 10.3. The largest absolute Gasteiger partial charge is 0.386 e. The molecule has 0 unspecified atom stereocenters. The summed E-state index contributed by atoms with van der Waals surface area (Å²) < 4.78 is 0. The highest BCUT2D eigenvalue weighted by Gasteiger charge is 2.18. The summed E-state index contributed by atoms with van der Waals surface area (Å²) in [6.07, 6.45) is 6.31. The smallest absolute Gasteiger partial charge is 0.241 e. The summed E-state index contributed by atoms with van der Waals surface area (Å²) in [5.74, 6) is -0.521. The third kappa shape index (κ3) is 3.59. The third-order valence-electron chi connectivity index (χ3n) is 3.92. The minimum atomic E-state index is -0.943. The van der Waals surface area contributed by atoms with Gasteiger partial charge in [-0.15, -0.1) is 0 Å². The maximum absolute atomic E-state index is 11.0. The number of hydrogen-bond acceptors (Lipinski definition) is 4. The van der Waals surface area contributed by atoms with Crippen LogP contribution in [0, 0.1) is 6.92 Å². The second kappa shape index (κ2) is 6.14. The van der Waals surface area contributed by atoms with E-state index < -0.39 is 11.5 Å². The Bertz CT molecular complexity index is 981. The third-order valence-corrected chi connectivity index (χ3v) is 3.92. The number of amides is 1. The molecule has 0 atom stereocenters. The van der Waals surface area contributed by atoms with E-state index in [1.807, 2.05) is 25.1 Å². The quantitative estimate of drug-likeness (QED) is 0.637. The molecule has 0 saturated heterocycles. The van der Waals surface area contributed by atoms with Crippen molar-refractivity contribution in [1.29, 1.82) is 0 Å². The van der Waals surface area contributed by atoms with Crippen molar-refractivity contribution in [1.82, 2.24) is 15.0 Å². The molecule has 4 N–H and O–H groups in total. The van der Waals surface area contributed by atoms with E-state index in [2.05, 4.69) is 15.0 Å². The first-order valence-electron chi connectivity index (χ1n) is 7.90. The van der Waals surface area contributed by atoms with E-state index in [0.29, 0.717) is 16.9 Å². The zero-order chi connectivity index (χ0) is 18.2. The Balaban J connectivity index is 2.12. The molecule has 0 aliphatic heterocycles. The highest BCUT2D eigenvalue weighted by atomic mass is 16.3. The van der Waals surface area contributed by atoms with Gasteiger partial charge in [-0.2, -0.15) is 0 Å². The Morgan fingerprint density at radius 1 is 1.32 bits per heavy atom. The first-order valence-corrected chi connectivity index (χ1v) is 7.90. The molecule has 6 nitrogen and oxygen atoms in total. The number of carbonyl (C=O) groups excluding carboxylic acids is 1. The van der Waals surface area contributed by atoms with Crippen LogP contribution < -0.4 is 5.73 Å². The molecule has 3 rings (SSSR count). The standard InChI is InChI=1S/C19H20N4O2/c1-11-6-13(8-14(7-11)19(2,3)25)15-10-22-18-17(23-15)12(9-21-18)4-5-16(20)24/h4-10,25H,1-3H3,(H2,20,24)(H,21,22)/b5-4+. The monoisotopic (exact) mass is 336 g/mol. The summed E-state index contributed by atoms with van der Waals surface area (Å²) in [6.45, 7) is 5.47. The number of H-pyrrole nitrogens is 1. The maximum Gasteiger partial charge on any atom is 0.241 e. The Hall–Kier alpha value is -2.99. The Morgan fingerprint density at radius 2 is 2.08 bits per heavy atom. The number of primary amides is 1. The van der Waals surface area contributed by atoms with Gasteiger partial charge in [0.25, 0.3) is 0 Å². The number of nitrogens with zero attached hydrogens (tertiary/aromatic N) is 2. The molecular weight excluding hydrogens is 316 g/mol. The normalized spacial score (nSPS) is 12.2. The van der Waals surface area contributed by atoms with E-state index in [4.69, 9.17) is 5.73 Å². The van der Waals surface area contributed by atoms with E-state index in [1.54, 1.807) is 32.3 Å². The summed E-state index contributed by atoms with van der Waals surface area (Å²) in [5.41, 5.74) is 9.63. The number of aryl methyl sites for hydroxylation is 1. The molecule has 0 aliphatic rings. The number of rotatable bonds is 4. The number of aromatic nitrogens is 3. The summed E-state index contributed by atoms with van der Waals surface area (Å²) in [7, 11) is 0. The van der Waals surface area contributed by atoms with Crippen LogP contribution in [0.2, 0.25) is 0 Å². The van der Waals surface area contributed by atoms with E-state index >= 15 is 0 Å². The molecule has 3 aromatic rings. The van der Waals surface area contributed by atoms with Crippen molar-refractivity contribution in [3.05, 3.63) is 53.4 Å². The molecule has 0 bridgehead atoms. The van der Waals surface area contributed by atoms with Gasteiger partial charge in [0.15, 0.2) is 5.65 Å². The fraction of sp³-hybridized carbons (Fsp3) is 0.211. The van der Waals surface area contributed by atoms with Gasteiger partial charge in [0.1, 0.15) is 5.52 Å². The van der Waals surface area contributed by atoms with Crippen LogP contribution in [-0.4, -0.2) is 26.0 Å². The molecule has 0 fully saturated rings. The Labute approximate surface area is 145 Å². The summed E-state index contributed by atoms with van der Waals surface area (Å²) in [4.78, 5) is 23.0. The lowest BCUT2D eigenvalue weighted by atomic mass is 9.94. The minimum Gasteiger partial charge on any atom is -0.386 e. The number of aliphatic hydroxyl groups is 1. The van der Waals surface area contributed by atoms with Crippen LogP contribution in [-0.2, 0) is 10.4 Å². The van der Waals surface area contributed by atoms with Gasteiger partial charge < -0.3 is 15.8 Å². The maximum atomic E-state index is 11.0. The van der Waals surface area contributed by atoms with Crippen LogP contribution in [0.15, 0.2) is 36.7 Å². The van der Waals surface area contributed by atoms with Crippen molar-refractivity contribution >= 4 is 23.1 Å². The highest BCUT2D eigenvalue weighted by molar-refractivity contribution is 5.93. The molecule has 0 spiro atoms. The predicted molar refractivity (Wildman–Crippen MR) is 97.5 cm³/mol. The molecule has 25 heavy (non-hydrogen) atoms. The lowest BCUT2D eigenvalue weighted by Crippen LogP contribution is -2.15. The van der Waals surface area contributed by atoms with Gasteiger partial charge in [0.05, 0.1) is 17.5 Å². The number of aromatic amines is 1. The van der Waals surface area contributed by atoms with Crippen LogP contribution in [0.25, 0.3) is 28.5 Å². The number of nitrogens with two attached hydrogens (primary N) is 1. The summed E-state index contributed by atoms with van der Waals surface area (Å²) in [6, 6.07) is 5.86. The molecule has 1 amide bonds. The molecule has 2 heterocycles. The van der Waals surface area contributed by atoms with Crippen molar-refractivity contribution in [3.8, 4) is 11.3 Å². The molecule has 0 saturated carbocycles. The van der Waals surface area contributed by atoms with Crippen LogP contribution in [0.4, 0.5) is 0 Å². The average Bonchev–Trinajstić information content (AvgIpc) is 2.93. The second-order valence-corrected chi connectivity index (χ2v) is 6.58. The number of benzene rings is 1. The van der Waals surface area contributed by atoms with Crippen molar-refractivity contribution in [2.24, 2.45) is 5.73 Å². The molecule has 1 aromatic carbocycles. The predicted octanol–water partition coefficient (Wildman–Crippen LogP) is 2.66. The molecule has 0 aliphatic carbocycles. The molecule has 2 aromatic heterocycles. The Morgan fingerprint density at radius 3 is 2.76 bits per heavy atom. The van der Waals surface area contributed by atoms with Gasteiger partial charge >= 0.3 is 0 Å². The van der Waals surface area contributed by atoms with Crippen LogP contribution in [0.3, 0.4) is 0 Å². The molecule has 128 valence electrons. The minimum absolute atomic E-state index is 0.521. The van der Waals surface area contributed by atoms with Gasteiger partial charge in [-0.25, -0.2) is 9.97 Å². The van der Waals surface area contributed by atoms with E-state index in [9.17, 15) is 9.90 Å². The van der Waals surface area contributed by atoms with Crippen molar-refractivity contribution in [2.75, 3.05) is 0 Å². The van der Waals surface area contributed by atoms with Crippen LogP contribution in [0.5, 0.6) is 0 Å². The van der Waals surface area contributed by atoms with Gasteiger partial charge in [-0.1, -0.05) is 11.6 Å². The van der Waals surface area contributed by atoms with Crippen molar-refractivity contribution in [3.63, 3.8) is 0 Å². The van der Waals surface area contributed by atoms with Gasteiger partial charge in [-0.05, 0) is 44.5 Å². The molecular formula is C19H20N4O2. The fourth-order valence-corrected chi connectivity index (χ4v) is 2.63. The SMILES string of the molecule is Cc1cc(-c2cnc3[nH]cc(/C=C/C(N)=O)c3n2)cc(C(C)(C)O)c1. The number of nitrogens with one attached hydrogen (secondary N) is 1. The highest BCUT2D eigenvalue weighted by Crippen LogP contribution is 2.28. The van der Waals surface area contributed by atoms with Crippen LogP contribution in [0.1, 0.15) is 30.5 Å². The first-order chi connectivity index (χ1) is 11.7. The molecule has 6 heteroatoms. The number of carbonyl (C=O) groups is 1. The first kappa shape index (κ1) is 16.9. The van der Waals surface area contributed by atoms with Crippen molar-refractivity contribution < 1.29 is 9.90 Å². The Kier molecular flexibility index (Phi) is 4.14. The fourth-order valence-electron chi connectivity index (χ4n) is 2.63. The topological polar surface area (TPSA) is 105 Å². The zero-order valence-electron chi connectivity index (χ0n) is 14.4. The number of hydrogen-bond donors (Lipinski definition) is 3. The second-order valence-electron chi connectivity index (χ2n) is 6.58. The lowest BCUT2D eigenvalue weighted by Gasteiger charge is -2.19.